The van der Waals surface area contributed by atoms with Gasteiger partial charge in [0.25, 0.3) is 0 Å². The molecule has 0 spiro atoms. The third kappa shape index (κ3) is 3.63. The van der Waals surface area contributed by atoms with Gasteiger partial charge in [-0.25, -0.2) is 8.78 Å². The van der Waals surface area contributed by atoms with Crippen LogP contribution in [-0.4, -0.2) is 29.9 Å². The molecular formula is C21H24F2N2O. The first-order chi connectivity index (χ1) is 12.4. The first kappa shape index (κ1) is 18.5. The average molecular weight is 358 g/mol. The van der Waals surface area contributed by atoms with Crippen LogP contribution in [0.15, 0.2) is 42.5 Å². The second-order valence-corrected chi connectivity index (χ2v) is 7.08. The highest BCUT2D eigenvalue weighted by molar-refractivity contribution is 5.97. The van der Waals surface area contributed by atoms with E-state index in [4.69, 9.17) is 0 Å². The average Bonchev–Trinajstić information content (AvgIpc) is 2.62. The third-order valence-corrected chi connectivity index (χ3v) is 5.08. The molecule has 1 aliphatic rings. The fraction of sp³-hybridized carbons (Fsp3) is 0.381. The molecule has 2 aromatic rings. The first-order valence-corrected chi connectivity index (χ1v) is 8.96. The number of carbonyl (C=O) groups excluding carboxylic acids is 1. The van der Waals surface area contributed by atoms with Crippen molar-refractivity contribution >= 4 is 11.6 Å². The van der Waals surface area contributed by atoms with Gasteiger partial charge in [-0.05, 0) is 42.7 Å². The molecule has 1 saturated heterocycles. The van der Waals surface area contributed by atoms with Gasteiger partial charge in [0.15, 0.2) is 0 Å². The number of benzene rings is 2. The first-order valence-electron chi connectivity index (χ1n) is 8.96. The number of amides is 1. The molecule has 2 aromatic carbocycles. The van der Waals surface area contributed by atoms with E-state index in [1.807, 2.05) is 29.2 Å². The molecule has 3 nitrogen and oxygen atoms in total. The van der Waals surface area contributed by atoms with Crippen molar-refractivity contribution in [3.63, 3.8) is 0 Å². The van der Waals surface area contributed by atoms with Crippen LogP contribution in [0.25, 0.3) is 0 Å². The van der Waals surface area contributed by atoms with Gasteiger partial charge in [0.1, 0.15) is 11.6 Å². The van der Waals surface area contributed by atoms with Crippen LogP contribution in [0, 0.1) is 11.6 Å². The van der Waals surface area contributed by atoms with Crippen molar-refractivity contribution in [2.45, 2.75) is 39.3 Å². The van der Waals surface area contributed by atoms with Crippen LogP contribution in [0.5, 0.6) is 0 Å². The topological polar surface area (TPSA) is 23.6 Å². The number of anilines is 1. The second-order valence-electron chi connectivity index (χ2n) is 7.08. The number of hydrogen-bond donors (Lipinski definition) is 0. The van der Waals surface area contributed by atoms with Crippen LogP contribution in [0.1, 0.15) is 37.8 Å². The van der Waals surface area contributed by atoms with Gasteiger partial charge in [0.2, 0.25) is 5.91 Å². The van der Waals surface area contributed by atoms with Crippen LogP contribution >= 0.6 is 0 Å². The number of nitrogens with zero attached hydrogens (tertiary/aromatic N) is 2. The van der Waals surface area contributed by atoms with E-state index >= 15 is 0 Å². The SMILES string of the molecule is CC(C)c1ccc(N2CCN(Cc3c(F)cccc3F)[C@H](C)C2=O)cc1. The van der Waals surface area contributed by atoms with Gasteiger partial charge in [-0.15, -0.1) is 0 Å². The zero-order valence-corrected chi connectivity index (χ0v) is 15.4. The van der Waals surface area contributed by atoms with Gasteiger partial charge in [-0.3, -0.25) is 9.69 Å². The zero-order chi connectivity index (χ0) is 18.8. The lowest BCUT2D eigenvalue weighted by molar-refractivity contribution is -0.125. The summed E-state index contributed by atoms with van der Waals surface area (Å²) in [7, 11) is 0. The second kappa shape index (κ2) is 7.54. The summed E-state index contributed by atoms with van der Waals surface area (Å²) in [5, 5.41) is 0. The predicted octanol–water partition coefficient (Wildman–Crippen LogP) is 4.33. The summed E-state index contributed by atoms with van der Waals surface area (Å²) in [4.78, 5) is 16.4. The van der Waals surface area contributed by atoms with E-state index in [0.717, 1.165) is 5.69 Å². The van der Waals surface area contributed by atoms with Gasteiger partial charge in [0, 0.05) is 30.9 Å². The largest absolute Gasteiger partial charge is 0.310 e. The fourth-order valence-corrected chi connectivity index (χ4v) is 3.31. The lowest BCUT2D eigenvalue weighted by Gasteiger charge is -2.39. The normalized spacial score (nSPS) is 18.6. The number of rotatable bonds is 4. The highest BCUT2D eigenvalue weighted by Gasteiger charge is 2.33. The van der Waals surface area contributed by atoms with Crippen molar-refractivity contribution in [1.29, 1.82) is 0 Å². The minimum absolute atomic E-state index is 0.0156. The van der Waals surface area contributed by atoms with Crippen LogP contribution < -0.4 is 4.90 Å². The molecule has 1 heterocycles. The van der Waals surface area contributed by atoms with E-state index in [-0.39, 0.29) is 18.0 Å². The number of hydrogen-bond acceptors (Lipinski definition) is 2. The van der Waals surface area contributed by atoms with Crippen molar-refractivity contribution in [1.82, 2.24) is 4.90 Å². The lowest BCUT2D eigenvalue weighted by Crippen LogP contribution is -2.55. The Kier molecular flexibility index (Phi) is 5.37. The molecular weight excluding hydrogens is 334 g/mol. The van der Waals surface area contributed by atoms with Crippen LogP contribution in [-0.2, 0) is 11.3 Å². The van der Waals surface area contributed by atoms with Crippen molar-refractivity contribution in [3.05, 3.63) is 65.2 Å². The van der Waals surface area contributed by atoms with Gasteiger partial charge in [0.05, 0.1) is 6.04 Å². The molecule has 0 bridgehead atoms. The van der Waals surface area contributed by atoms with Gasteiger partial charge >= 0.3 is 0 Å². The van der Waals surface area contributed by atoms with E-state index in [0.29, 0.717) is 19.0 Å². The molecule has 138 valence electrons. The van der Waals surface area contributed by atoms with Crippen LogP contribution in [0.3, 0.4) is 0 Å². The Morgan fingerprint density at radius 1 is 1.04 bits per heavy atom. The Morgan fingerprint density at radius 3 is 2.23 bits per heavy atom. The fourth-order valence-electron chi connectivity index (χ4n) is 3.31. The summed E-state index contributed by atoms with van der Waals surface area (Å²) in [6.45, 7) is 7.19. The summed E-state index contributed by atoms with van der Waals surface area (Å²) < 4.78 is 27.8. The standard InChI is InChI=1S/C21H24F2N2O/c1-14(2)16-7-9-17(10-8-16)25-12-11-24(15(3)21(25)26)13-18-19(22)5-4-6-20(18)23/h4-10,14-15H,11-13H2,1-3H3/t15-/m1/s1. The lowest BCUT2D eigenvalue weighted by atomic mass is 10.0. The molecule has 0 aliphatic carbocycles. The van der Waals surface area contributed by atoms with Crippen LogP contribution in [0.2, 0.25) is 0 Å². The maximum Gasteiger partial charge on any atom is 0.244 e. The van der Waals surface area contributed by atoms with Gasteiger partial charge in [-0.2, -0.15) is 0 Å². The Labute approximate surface area is 153 Å². The molecule has 1 fully saturated rings. The molecule has 1 atom stereocenters. The molecule has 0 N–H and O–H groups in total. The monoisotopic (exact) mass is 358 g/mol. The minimum atomic E-state index is -0.573. The Balaban J connectivity index is 1.74. The van der Waals surface area contributed by atoms with Crippen molar-refractivity contribution in [3.8, 4) is 0 Å². The zero-order valence-electron chi connectivity index (χ0n) is 15.4. The molecule has 1 aliphatic heterocycles. The van der Waals surface area contributed by atoms with Gasteiger partial charge in [-0.1, -0.05) is 32.0 Å². The van der Waals surface area contributed by atoms with Crippen molar-refractivity contribution in [2.75, 3.05) is 18.0 Å². The predicted molar refractivity (Wildman–Crippen MR) is 99.1 cm³/mol. The smallest absolute Gasteiger partial charge is 0.244 e. The van der Waals surface area contributed by atoms with E-state index in [2.05, 4.69) is 13.8 Å². The summed E-state index contributed by atoms with van der Waals surface area (Å²) >= 11 is 0. The maximum atomic E-state index is 13.9. The Morgan fingerprint density at radius 2 is 1.65 bits per heavy atom. The number of piperazine rings is 1. The molecule has 0 radical (unpaired) electrons. The molecule has 26 heavy (non-hydrogen) atoms. The highest BCUT2D eigenvalue weighted by Crippen LogP contribution is 2.25. The molecule has 0 saturated carbocycles. The molecule has 1 amide bonds. The van der Waals surface area contributed by atoms with Crippen LogP contribution in [0.4, 0.5) is 14.5 Å². The summed E-state index contributed by atoms with van der Waals surface area (Å²) in [5.74, 6) is -0.760. The third-order valence-electron chi connectivity index (χ3n) is 5.08. The molecule has 5 heteroatoms. The maximum absolute atomic E-state index is 13.9. The van der Waals surface area contributed by atoms with E-state index in [1.165, 1.54) is 23.8 Å². The minimum Gasteiger partial charge on any atom is -0.310 e. The highest BCUT2D eigenvalue weighted by atomic mass is 19.1. The van der Waals surface area contributed by atoms with E-state index < -0.39 is 17.7 Å². The molecule has 3 rings (SSSR count). The number of halogens is 2. The summed E-state index contributed by atoms with van der Waals surface area (Å²) in [6, 6.07) is 11.4. The van der Waals surface area contributed by atoms with E-state index in [1.54, 1.807) is 11.8 Å². The van der Waals surface area contributed by atoms with Crippen molar-refractivity contribution in [2.24, 2.45) is 0 Å². The Bertz CT molecular complexity index is 769. The van der Waals surface area contributed by atoms with Crippen molar-refractivity contribution < 1.29 is 13.6 Å². The summed E-state index contributed by atoms with van der Waals surface area (Å²) in [6.07, 6.45) is 0. The Hall–Kier alpha value is -2.27. The quantitative estimate of drug-likeness (QED) is 0.812. The molecule has 0 aromatic heterocycles. The molecule has 0 unspecified atom stereocenters. The number of carbonyl (C=O) groups is 1. The van der Waals surface area contributed by atoms with Gasteiger partial charge < -0.3 is 4.90 Å². The van der Waals surface area contributed by atoms with E-state index in [9.17, 15) is 13.6 Å². The summed E-state index contributed by atoms with van der Waals surface area (Å²) in [5.41, 5.74) is 2.10.